The normalized spacial score (nSPS) is 16.4. The minimum absolute atomic E-state index is 0.0617. The molecule has 18 heavy (non-hydrogen) atoms. The third-order valence-electron chi connectivity index (χ3n) is 3.07. The highest BCUT2D eigenvalue weighted by Gasteiger charge is 2.53. The number of rotatable bonds is 5. The second kappa shape index (κ2) is 4.44. The molecule has 0 radical (unpaired) electrons. The van der Waals surface area contributed by atoms with Crippen LogP contribution in [0, 0.1) is 0 Å². The Morgan fingerprint density at radius 1 is 1.44 bits per heavy atom. The molecule has 0 spiro atoms. The molecule has 0 unspecified atom stereocenters. The fourth-order valence-corrected chi connectivity index (χ4v) is 1.96. The van der Waals surface area contributed by atoms with Crippen LogP contribution in [-0.4, -0.2) is 24.8 Å². The van der Waals surface area contributed by atoms with Crippen LogP contribution in [-0.2, 0) is 10.2 Å². The first-order chi connectivity index (χ1) is 8.49. The van der Waals surface area contributed by atoms with Crippen LogP contribution in [0.1, 0.15) is 18.4 Å². The number of hydrogen-bond donors (Lipinski definition) is 1. The van der Waals surface area contributed by atoms with Gasteiger partial charge >= 0.3 is 12.6 Å². The molecule has 1 saturated carbocycles. The summed E-state index contributed by atoms with van der Waals surface area (Å²) in [5, 5.41) is 9.21. The van der Waals surface area contributed by atoms with Crippen LogP contribution in [0.5, 0.6) is 11.5 Å². The lowest BCUT2D eigenvalue weighted by Crippen LogP contribution is -2.20. The van der Waals surface area contributed by atoms with Crippen LogP contribution in [0.4, 0.5) is 8.78 Å². The summed E-state index contributed by atoms with van der Waals surface area (Å²) in [6, 6.07) is 4.08. The summed E-state index contributed by atoms with van der Waals surface area (Å²) in [7, 11) is 1.41. The van der Waals surface area contributed by atoms with Gasteiger partial charge in [-0.3, -0.25) is 4.79 Å². The molecular weight excluding hydrogens is 246 g/mol. The summed E-state index contributed by atoms with van der Waals surface area (Å²) in [5.74, 6) is -0.667. The van der Waals surface area contributed by atoms with Gasteiger partial charge in [0.2, 0.25) is 0 Å². The van der Waals surface area contributed by atoms with E-state index in [1.165, 1.54) is 25.3 Å². The van der Waals surface area contributed by atoms with E-state index in [-0.39, 0.29) is 5.75 Å². The Bertz CT molecular complexity index is 469. The van der Waals surface area contributed by atoms with Crippen LogP contribution in [0.25, 0.3) is 0 Å². The standard InChI is InChI=1S/C12H12F2O4/c1-17-9-3-2-7(18-11(13)14)6-8(9)12(4-5-12)10(15)16/h2-3,6,11H,4-5H2,1H3,(H,15,16). The van der Waals surface area contributed by atoms with Gasteiger partial charge in [-0.2, -0.15) is 8.78 Å². The van der Waals surface area contributed by atoms with Gasteiger partial charge in [0.05, 0.1) is 12.5 Å². The Balaban J connectivity index is 2.40. The Hall–Kier alpha value is -1.85. The van der Waals surface area contributed by atoms with E-state index < -0.39 is 18.0 Å². The summed E-state index contributed by atoms with van der Waals surface area (Å²) in [5.41, 5.74) is -0.636. The van der Waals surface area contributed by atoms with E-state index in [9.17, 15) is 18.7 Å². The molecule has 98 valence electrons. The van der Waals surface area contributed by atoms with Crippen molar-refractivity contribution >= 4 is 5.97 Å². The van der Waals surface area contributed by atoms with Gasteiger partial charge in [0.15, 0.2) is 0 Å². The van der Waals surface area contributed by atoms with Gasteiger partial charge in [-0.25, -0.2) is 0 Å². The largest absolute Gasteiger partial charge is 0.496 e. The molecule has 2 rings (SSSR count). The van der Waals surface area contributed by atoms with E-state index in [1.54, 1.807) is 0 Å². The fraction of sp³-hybridized carbons (Fsp3) is 0.417. The third-order valence-corrected chi connectivity index (χ3v) is 3.07. The maximum Gasteiger partial charge on any atom is 0.387 e. The van der Waals surface area contributed by atoms with Gasteiger partial charge in [0.1, 0.15) is 11.5 Å². The van der Waals surface area contributed by atoms with Crippen LogP contribution in [0.3, 0.4) is 0 Å². The van der Waals surface area contributed by atoms with E-state index in [0.29, 0.717) is 24.2 Å². The van der Waals surface area contributed by atoms with Crippen molar-refractivity contribution in [3.05, 3.63) is 23.8 Å². The van der Waals surface area contributed by atoms with E-state index >= 15 is 0 Å². The van der Waals surface area contributed by atoms with E-state index in [0.717, 1.165) is 0 Å². The second-order valence-electron chi connectivity index (χ2n) is 4.13. The topological polar surface area (TPSA) is 55.8 Å². The predicted octanol–water partition coefficient (Wildman–Crippen LogP) is 2.41. The second-order valence-corrected chi connectivity index (χ2v) is 4.13. The average molecular weight is 258 g/mol. The molecule has 0 bridgehead atoms. The first-order valence-corrected chi connectivity index (χ1v) is 5.36. The molecule has 6 heteroatoms. The van der Waals surface area contributed by atoms with Gasteiger partial charge in [0.25, 0.3) is 0 Å². The molecule has 1 N–H and O–H groups in total. The van der Waals surface area contributed by atoms with Crippen LogP contribution in [0.15, 0.2) is 18.2 Å². The molecule has 0 aliphatic heterocycles. The number of ether oxygens (including phenoxy) is 2. The van der Waals surface area contributed by atoms with E-state index in [1.807, 2.05) is 0 Å². The summed E-state index contributed by atoms with van der Waals surface area (Å²) >= 11 is 0. The minimum atomic E-state index is -2.94. The Morgan fingerprint density at radius 2 is 2.11 bits per heavy atom. The van der Waals surface area contributed by atoms with Gasteiger partial charge in [0, 0.05) is 5.56 Å². The number of hydrogen-bond acceptors (Lipinski definition) is 3. The zero-order valence-corrected chi connectivity index (χ0v) is 9.65. The van der Waals surface area contributed by atoms with E-state index in [2.05, 4.69) is 4.74 Å². The van der Waals surface area contributed by atoms with Crippen LogP contribution >= 0.6 is 0 Å². The Labute approximate surface area is 102 Å². The van der Waals surface area contributed by atoms with Crippen molar-refractivity contribution < 1.29 is 28.2 Å². The van der Waals surface area contributed by atoms with Crippen LogP contribution in [0.2, 0.25) is 0 Å². The number of carbonyl (C=O) groups is 1. The maximum absolute atomic E-state index is 12.1. The molecule has 0 saturated heterocycles. The minimum Gasteiger partial charge on any atom is -0.496 e. The van der Waals surface area contributed by atoms with Crippen molar-refractivity contribution in [1.29, 1.82) is 0 Å². The SMILES string of the molecule is COc1ccc(OC(F)F)cc1C1(C(=O)O)CC1. The molecular formula is C12H12F2O4. The number of carboxylic acid groups (broad SMARTS) is 1. The highest BCUT2D eigenvalue weighted by Crippen LogP contribution is 2.52. The fourth-order valence-electron chi connectivity index (χ4n) is 1.96. The lowest BCUT2D eigenvalue weighted by Gasteiger charge is -2.16. The molecule has 4 nitrogen and oxygen atoms in total. The smallest absolute Gasteiger partial charge is 0.387 e. The lowest BCUT2D eigenvalue weighted by atomic mass is 9.95. The molecule has 1 aliphatic carbocycles. The Kier molecular flexibility index (Phi) is 3.11. The van der Waals surface area contributed by atoms with Crippen molar-refractivity contribution in [2.24, 2.45) is 0 Å². The monoisotopic (exact) mass is 258 g/mol. The van der Waals surface area contributed by atoms with Crippen molar-refractivity contribution in [2.45, 2.75) is 24.9 Å². The van der Waals surface area contributed by atoms with Crippen molar-refractivity contribution in [1.82, 2.24) is 0 Å². The number of benzene rings is 1. The van der Waals surface area contributed by atoms with Gasteiger partial charge < -0.3 is 14.6 Å². The molecule has 0 amide bonds. The summed E-state index contributed by atoms with van der Waals surface area (Å²) < 4.78 is 33.6. The molecule has 1 aromatic rings. The quantitative estimate of drug-likeness (QED) is 0.881. The van der Waals surface area contributed by atoms with Crippen molar-refractivity contribution in [2.75, 3.05) is 7.11 Å². The number of halogens is 2. The molecule has 1 aromatic carbocycles. The number of alkyl halides is 2. The molecule has 0 atom stereocenters. The first kappa shape index (κ1) is 12.6. The molecule has 0 heterocycles. The summed E-state index contributed by atoms with van der Waals surface area (Å²) in [6.07, 6.45) is 0.938. The van der Waals surface area contributed by atoms with Gasteiger partial charge in [-0.1, -0.05) is 0 Å². The highest BCUT2D eigenvalue weighted by molar-refractivity contribution is 5.86. The van der Waals surface area contributed by atoms with Gasteiger partial charge in [-0.15, -0.1) is 0 Å². The van der Waals surface area contributed by atoms with Gasteiger partial charge in [-0.05, 0) is 31.0 Å². The summed E-state index contributed by atoms with van der Waals surface area (Å²) in [6.45, 7) is -2.94. The first-order valence-electron chi connectivity index (χ1n) is 5.36. The molecule has 1 fully saturated rings. The number of aliphatic carboxylic acids is 1. The zero-order valence-electron chi connectivity index (χ0n) is 9.65. The van der Waals surface area contributed by atoms with Crippen molar-refractivity contribution in [3.63, 3.8) is 0 Å². The Morgan fingerprint density at radius 3 is 2.56 bits per heavy atom. The highest BCUT2D eigenvalue weighted by atomic mass is 19.3. The number of carboxylic acids is 1. The predicted molar refractivity (Wildman–Crippen MR) is 58.2 cm³/mol. The van der Waals surface area contributed by atoms with E-state index in [4.69, 9.17) is 4.74 Å². The summed E-state index contributed by atoms with van der Waals surface area (Å²) in [4.78, 5) is 11.2. The van der Waals surface area contributed by atoms with Crippen LogP contribution < -0.4 is 9.47 Å². The van der Waals surface area contributed by atoms with Crippen molar-refractivity contribution in [3.8, 4) is 11.5 Å². The number of methoxy groups -OCH3 is 1. The maximum atomic E-state index is 12.1. The third kappa shape index (κ3) is 2.10. The lowest BCUT2D eigenvalue weighted by molar-refractivity contribution is -0.140. The molecule has 1 aliphatic rings. The zero-order chi connectivity index (χ0) is 13.3. The molecule has 0 aromatic heterocycles. The average Bonchev–Trinajstić information content (AvgIpc) is 3.09.